The standard InChI is InChI=1S/C25H14ClF4N3O7/c1-39-20-10-12(8-16-22(34)31-24(36)32(23(16)35)15-5-3-14(27)4-6-15)9-17(26)21(20)40-19-7-2-13(25(28,29)30)11-18(19)33(37)38/h2-11H,1H3,(H,31,34,36)/b16-8+. The molecule has 0 aliphatic carbocycles. The van der Waals surface area contributed by atoms with Crippen molar-refractivity contribution >= 4 is 46.9 Å². The highest BCUT2D eigenvalue weighted by Crippen LogP contribution is 2.44. The predicted molar refractivity (Wildman–Crippen MR) is 132 cm³/mol. The number of methoxy groups -OCH3 is 1. The van der Waals surface area contributed by atoms with Crippen molar-refractivity contribution in [3.8, 4) is 17.2 Å². The number of anilines is 1. The zero-order valence-corrected chi connectivity index (χ0v) is 20.7. The van der Waals surface area contributed by atoms with E-state index in [1.54, 1.807) is 0 Å². The van der Waals surface area contributed by atoms with Gasteiger partial charge in [-0.25, -0.2) is 14.1 Å². The molecule has 0 bridgehead atoms. The van der Waals surface area contributed by atoms with E-state index in [0.29, 0.717) is 17.0 Å². The zero-order valence-electron chi connectivity index (χ0n) is 19.9. The number of benzene rings is 3. The van der Waals surface area contributed by atoms with Gasteiger partial charge in [-0.05, 0) is 60.2 Å². The van der Waals surface area contributed by atoms with Crippen molar-refractivity contribution in [2.24, 2.45) is 0 Å². The van der Waals surface area contributed by atoms with E-state index in [2.05, 4.69) is 0 Å². The van der Waals surface area contributed by atoms with Crippen molar-refractivity contribution in [1.82, 2.24) is 5.32 Å². The first-order valence-corrected chi connectivity index (χ1v) is 11.3. The average molecular weight is 580 g/mol. The Morgan fingerprint density at radius 3 is 2.30 bits per heavy atom. The van der Waals surface area contributed by atoms with Crippen LogP contribution >= 0.6 is 11.6 Å². The lowest BCUT2D eigenvalue weighted by molar-refractivity contribution is -0.385. The Morgan fingerprint density at radius 1 is 1.02 bits per heavy atom. The van der Waals surface area contributed by atoms with Gasteiger partial charge in [-0.3, -0.25) is 25.0 Å². The first kappa shape index (κ1) is 28.0. The molecule has 1 aliphatic heterocycles. The fraction of sp³-hybridized carbons (Fsp3) is 0.0800. The van der Waals surface area contributed by atoms with Gasteiger partial charge >= 0.3 is 17.9 Å². The Kier molecular flexibility index (Phi) is 7.46. The van der Waals surface area contributed by atoms with Crippen LogP contribution in [-0.4, -0.2) is 29.9 Å². The largest absolute Gasteiger partial charge is 0.493 e. The third kappa shape index (κ3) is 5.56. The van der Waals surface area contributed by atoms with Crippen LogP contribution < -0.4 is 19.7 Å². The summed E-state index contributed by atoms with van der Waals surface area (Å²) in [5.41, 5.74) is -2.69. The molecular formula is C25H14ClF4N3O7. The smallest absolute Gasteiger partial charge is 0.416 e. The molecule has 206 valence electrons. The topological polar surface area (TPSA) is 128 Å². The van der Waals surface area contributed by atoms with Crippen LogP contribution in [0.15, 0.2) is 60.2 Å². The summed E-state index contributed by atoms with van der Waals surface area (Å²) in [6, 6.07) is 7.33. The van der Waals surface area contributed by atoms with Gasteiger partial charge in [0, 0.05) is 6.07 Å². The monoisotopic (exact) mass is 579 g/mol. The van der Waals surface area contributed by atoms with Gasteiger partial charge in [0.05, 0.1) is 28.3 Å². The van der Waals surface area contributed by atoms with Gasteiger partial charge in [-0.2, -0.15) is 13.2 Å². The predicted octanol–water partition coefficient (Wildman–Crippen LogP) is 5.87. The van der Waals surface area contributed by atoms with Crippen molar-refractivity contribution in [1.29, 1.82) is 0 Å². The van der Waals surface area contributed by atoms with Gasteiger partial charge in [0.25, 0.3) is 11.8 Å². The zero-order chi connectivity index (χ0) is 29.4. The van der Waals surface area contributed by atoms with Crippen molar-refractivity contribution in [2.45, 2.75) is 6.18 Å². The van der Waals surface area contributed by atoms with Crippen molar-refractivity contribution < 1.29 is 46.3 Å². The SMILES string of the molecule is COc1cc(/C=C2\C(=O)NC(=O)N(c3ccc(F)cc3)C2=O)cc(Cl)c1Oc1ccc(C(F)(F)F)cc1[N+](=O)[O-]. The molecule has 0 unspecified atom stereocenters. The van der Waals surface area contributed by atoms with E-state index in [1.807, 2.05) is 5.32 Å². The van der Waals surface area contributed by atoms with Crippen LogP contribution in [-0.2, 0) is 15.8 Å². The fourth-order valence-corrected chi connectivity index (χ4v) is 3.86. The highest BCUT2D eigenvalue weighted by Gasteiger charge is 2.37. The summed E-state index contributed by atoms with van der Waals surface area (Å²) in [5.74, 6) is -3.73. The maximum absolute atomic E-state index is 13.3. The molecule has 1 fully saturated rings. The van der Waals surface area contributed by atoms with Crippen LogP contribution in [0, 0.1) is 15.9 Å². The molecule has 1 heterocycles. The van der Waals surface area contributed by atoms with Crippen LogP contribution in [0.3, 0.4) is 0 Å². The molecule has 0 spiro atoms. The normalized spacial score (nSPS) is 14.8. The maximum atomic E-state index is 13.3. The van der Waals surface area contributed by atoms with Crippen LogP contribution in [0.1, 0.15) is 11.1 Å². The third-order valence-corrected chi connectivity index (χ3v) is 5.73. The lowest BCUT2D eigenvalue weighted by atomic mass is 10.1. The van der Waals surface area contributed by atoms with E-state index in [4.69, 9.17) is 21.1 Å². The summed E-state index contributed by atoms with van der Waals surface area (Å²) in [6.45, 7) is 0. The van der Waals surface area contributed by atoms with Crippen molar-refractivity contribution in [2.75, 3.05) is 12.0 Å². The molecule has 1 saturated heterocycles. The van der Waals surface area contributed by atoms with Gasteiger partial charge in [0.15, 0.2) is 11.5 Å². The molecule has 0 saturated carbocycles. The highest BCUT2D eigenvalue weighted by molar-refractivity contribution is 6.39. The van der Waals surface area contributed by atoms with E-state index in [9.17, 15) is 42.1 Å². The second-order valence-corrected chi connectivity index (χ2v) is 8.42. The molecule has 1 aliphatic rings. The number of nitrogens with one attached hydrogen (secondary N) is 1. The van der Waals surface area contributed by atoms with Crippen molar-refractivity contribution in [3.05, 3.63) is 92.3 Å². The molecule has 0 radical (unpaired) electrons. The molecule has 0 aromatic heterocycles. The first-order chi connectivity index (χ1) is 18.8. The molecular weight excluding hydrogens is 566 g/mol. The number of ether oxygens (including phenoxy) is 2. The number of amides is 4. The summed E-state index contributed by atoms with van der Waals surface area (Å²) >= 11 is 6.28. The van der Waals surface area contributed by atoms with Crippen LogP contribution in [0.4, 0.5) is 33.7 Å². The number of nitro groups is 1. The second kappa shape index (κ2) is 10.6. The first-order valence-electron chi connectivity index (χ1n) is 10.9. The van der Waals surface area contributed by atoms with E-state index in [0.717, 1.165) is 36.4 Å². The molecule has 0 atom stereocenters. The van der Waals surface area contributed by atoms with E-state index in [-0.39, 0.29) is 27.8 Å². The van der Waals surface area contributed by atoms with Crippen LogP contribution in [0.25, 0.3) is 6.08 Å². The minimum Gasteiger partial charge on any atom is -0.493 e. The van der Waals surface area contributed by atoms with Gasteiger partial charge in [0.1, 0.15) is 11.4 Å². The van der Waals surface area contributed by atoms with Crippen LogP contribution in [0.5, 0.6) is 17.2 Å². The van der Waals surface area contributed by atoms with E-state index in [1.165, 1.54) is 19.2 Å². The quantitative estimate of drug-likeness (QED) is 0.127. The number of urea groups is 1. The fourth-order valence-electron chi connectivity index (χ4n) is 3.60. The lowest BCUT2D eigenvalue weighted by Crippen LogP contribution is -2.54. The van der Waals surface area contributed by atoms with Crippen LogP contribution in [0.2, 0.25) is 5.02 Å². The Bertz CT molecular complexity index is 1590. The Labute approximate surface area is 226 Å². The minimum atomic E-state index is -4.84. The maximum Gasteiger partial charge on any atom is 0.416 e. The number of imide groups is 2. The van der Waals surface area contributed by atoms with E-state index < -0.39 is 57.3 Å². The number of nitro benzene ring substituents is 1. The van der Waals surface area contributed by atoms with Gasteiger partial charge < -0.3 is 9.47 Å². The molecule has 10 nitrogen and oxygen atoms in total. The number of alkyl halides is 3. The number of halogens is 5. The molecule has 40 heavy (non-hydrogen) atoms. The Morgan fingerprint density at radius 2 is 1.70 bits per heavy atom. The van der Waals surface area contributed by atoms with Gasteiger partial charge in [-0.1, -0.05) is 11.6 Å². The summed E-state index contributed by atoms with van der Waals surface area (Å²) < 4.78 is 63.0. The van der Waals surface area contributed by atoms with E-state index >= 15 is 0 Å². The molecule has 3 aromatic carbocycles. The molecule has 4 rings (SSSR count). The van der Waals surface area contributed by atoms with Crippen molar-refractivity contribution in [3.63, 3.8) is 0 Å². The van der Waals surface area contributed by atoms with Gasteiger partial charge in [-0.15, -0.1) is 0 Å². The molecule has 4 amide bonds. The number of hydrogen-bond acceptors (Lipinski definition) is 7. The molecule has 15 heteroatoms. The lowest BCUT2D eigenvalue weighted by Gasteiger charge is -2.26. The number of nitrogens with zero attached hydrogens (tertiary/aromatic N) is 2. The van der Waals surface area contributed by atoms with Gasteiger partial charge in [0.2, 0.25) is 5.75 Å². The number of hydrogen-bond donors (Lipinski definition) is 1. The Hall–Kier alpha value is -4.98. The highest BCUT2D eigenvalue weighted by atomic mass is 35.5. The average Bonchev–Trinajstić information content (AvgIpc) is 2.88. The summed E-state index contributed by atoms with van der Waals surface area (Å²) in [5, 5.41) is 13.1. The summed E-state index contributed by atoms with van der Waals surface area (Å²) in [4.78, 5) is 48.8. The second-order valence-electron chi connectivity index (χ2n) is 8.01. The minimum absolute atomic E-state index is 0.0141. The third-order valence-electron chi connectivity index (χ3n) is 5.44. The number of rotatable bonds is 6. The number of carbonyl (C=O) groups excluding carboxylic acids is 3. The number of carbonyl (C=O) groups is 3. The Balaban J connectivity index is 1.71. The number of barbiturate groups is 1. The molecule has 1 N–H and O–H groups in total. The molecule has 3 aromatic rings. The summed E-state index contributed by atoms with van der Waals surface area (Å²) in [6.07, 6.45) is -3.77. The summed E-state index contributed by atoms with van der Waals surface area (Å²) in [7, 11) is 1.17.